The number of rotatable bonds is 7. The van der Waals surface area contributed by atoms with E-state index in [0.717, 1.165) is 22.7 Å². The molecule has 0 aliphatic carbocycles. The van der Waals surface area contributed by atoms with E-state index < -0.39 is 0 Å². The van der Waals surface area contributed by atoms with Crippen LogP contribution >= 0.6 is 11.3 Å². The van der Waals surface area contributed by atoms with Gasteiger partial charge >= 0.3 is 0 Å². The summed E-state index contributed by atoms with van der Waals surface area (Å²) in [5.74, 6) is 0. The Labute approximate surface area is 358 Å². The minimum atomic E-state index is 1.09. The van der Waals surface area contributed by atoms with Gasteiger partial charge in [0.05, 0.1) is 16.7 Å². The molecule has 0 atom stereocenters. The third kappa shape index (κ3) is 6.01. The van der Waals surface area contributed by atoms with E-state index in [0.29, 0.717) is 0 Å². The molecular formula is C58H38N2S. The van der Waals surface area contributed by atoms with Gasteiger partial charge in [-0.25, -0.2) is 0 Å². The fraction of sp³-hybridized carbons (Fsp3) is 0. The van der Waals surface area contributed by atoms with Gasteiger partial charge in [0, 0.05) is 59.1 Å². The molecule has 2 heterocycles. The van der Waals surface area contributed by atoms with Crippen LogP contribution in [0.4, 0.5) is 17.1 Å². The summed E-state index contributed by atoms with van der Waals surface area (Å²) in [6, 6.07) is 84.1. The van der Waals surface area contributed by atoms with Gasteiger partial charge in [-0.3, -0.25) is 0 Å². The van der Waals surface area contributed by atoms with Crippen LogP contribution in [0.25, 0.3) is 91.8 Å². The molecule has 0 saturated heterocycles. The maximum atomic E-state index is 2.42. The van der Waals surface area contributed by atoms with E-state index in [4.69, 9.17) is 0 Å². The zero-order valence-corrected chi connectivity index (χ0v) is 34.1. The van der Waals surface area contributed by atoms with Crippen molar-refractivity contribution in [3.8, 4) is 39.1 Å². The van der Waals surface area contributed by atoms with Crippen LogP contribution in [-0.2, 0) is 0 Å². The number of para-hydroxylation sites is 3. The van der Waals surface area contributed by atoms with Gasteiger partial charge in [0.1, 0.15) is 0 Å². The number of hydrogen-bond donors (Lipinski definition) is 0. The number of fused-ring (bicyclic) bond motifs is 7. The van der Waals surface area contributed by atoms with Crippen LogP contribution in [0.1, 0.15) is 0 Å². The van der Waals surface area contributed by atoms with Crippen LogP contribution in [0, 0.1) is 0 Å². The Morgan fingerprint density at radius 2 is 0.852 bits per heavy atom. The summed E-state index contributed by atoms with van der Waals surface area (Å²) in [6.07, 6.45) is 0. The number of nitrogens with zero attached hydrogens (tertiary/aromatic N) is 2. The van der Waals surface area contributed by atoms with Crippen molar-refractivity contribution in [3.05, 3.63) is 231 Å². The molecule has 0 spiro atoms. The predicted molar refractivity (Wildman–Crippen MR) is 262 cm³/mol. The lowest BCUT2D eigenvalue weighted by atomic mass is 9.98. The van der Waals surface area contributed by atoms with Gasteiger partial charge in [0.25, 0.3) is 0 Å². The Balaban J connectivity index is 0.969. The summed E-state index contributed by atoms with van der Waals surface area (Å²) >= 11 is 1.88. The summed E-state index contributed by atoms with van der Waals surface area (Å²) in [6.45, 7) is 0. The molecule has 0 aliphatic heterocycles. The third-order valence-electron chi connectivity index (χ3n) is 12.2. The molecule has 12 rings (SSSR count). The van der Waals surface area contributed by atoms with Crippen LogP contribution in [-0.4, -0.2) is 4.57 Å². The smallest absolute Gasteiger partial charge is 0.0541 e. The second kappa shape index (κ2) is 14.5. The van der Waals surface area contributed by atoms with Crippen LogP contribution in [0.15, 0.2) is 231 Å². The van der Waals surface area contributed by atoms with Crippen molar-refractivity contribution in [3.63, 3.8) is 0 Å². The van der Waals surface area contributed by atoms with Crippen molar-refractivity contribution in [1.82, 2.24) is 4.57 Å². The van der Waals surface area contributed by atoms with E-state index in [1.54, 1.807) is 0 Å². The van der Waals surface area contributed by atoms with Gasteiger partial charge in [-0.1, -0.05) is 164 Å². The van der Waals surface area contributed by atoms with E-state index in [-0.39, 0.29) is 0 Å². The van der Waals surface area contributed by atoms with Crippen molar-refractivity contribution in [2.45, 2.75) is 0 Å². The number of benzene rings is 10. The van der Waals surface area contributed by atoms with Crippen molar-refractivity contribution >= 4 is 81.1 Å². The Bertz CT molecular complexity index is 3520. The molecule has 2 aromatic heterocycles. The molecule has 12 aromatic rings. The largest absolute Gasteiger partial charge is 0.310 e. The van der Waals surface area contributed by atoms with Gasteiger partial charge in [-0.05, 0) is 99.8 Å². The monoisotopic (exact) mass is 794 g/mol. The molecule has 0 N–H and O–H groups in total. The van der Waals surface area contributed by atoms with Gasteiger partial charge in [-0.2, -0.15) is 0 Å². The molecule has 0 bridgehead atoms. The molecule has 2 nitrogen and oxygen atoms in total. The Hall–Kier alpha value is -7.72. The standard InChI is InChI=1S/C58H38N2S/c1-2-13-43-38-44(29-28-39(43)12-1)42-26-24-40(25-27-42)41-30-32-45(33-31-41)59(46-34-36-47(37-35-46)60-55-21-8-3-14-48(55)49-15-4-9-22-56(49)60)54-20-7-5-16-50(54)52-18-11-19-53-51-17-6-10-23-57(51)61-58(52)53/h1-38H. The lowest BCUT2D eigenvalue weighted by Crippen LogP contribution is -2.11. The summed E-state index contributed by atoms with van der Waals surface area (Å²) in [5.41, 5.74) is 14.1. The van der Waals surface area contributed by atoms with Crippen LogP contribution in [0.5, 0.6) is 0 Å². The Morgan fingerprint density at radius 1 is 0.344 bits per heavy atom. The number of hydrogen-bond acceptors (Lipinski definition) is 2. The highest BCUT2D eigenvalue weighted by Gasteiger charge is 2.20. The maximum Gasteiger partial charge on any atom is 0.0541 e. The molecule has 3 heteroatoms. The number of anilines is 3. The first-order chi connectivity index (χ1) is 30.2. The molecular weight excluding hydrogens is 757 g/mol. The normalized spacial score (nSPS) is 11.6. The molecule has 0 unspecified atom stereocenters. The minimum Gasteiger partial charge on any atom is -0.310 e. The van der Waals surface area contributed by atoms with Gasteiger partial charge in [0.2, 0.25) is 0 Å². The molecule has 0 fully saturated rings. The average molecular weight is 795 g/mol. The highest BCUT2D eigenvalue weighted by molar-refractivity contribution is 7.26. The quantitative estimate of drug-likeness (QED) is 0.156. The fourth-order valence-electron chi connectivity index (χ4n) is 9.26. The van der Waals surface area contributed by atoms with E-state index in [1.165, 1.54) is 86.1 Å². The second-order valence-electron chi connectivity index (χ2n) is 15.7. The zero-order valence-electron chi connectivity index (χ0n) is 33.2. The van der Waals surface area contributed by atoms with Gasteiger partial charge < -0.3 is 9.47 Å². The molecule has 0 aliphatic rings. The third-order valence-corrected chi connectivity index (χ3v) is 13.4. The van der Waals surface area contributed by atoms with E-state index >= 15 is 0 Å². The summed E-state index contributed by atoms with van der Waals surface area (Å²) in [4.78, 5) is 2.42. The lowest BCUT2D eigenvalue weighted by Gasteiger charge is -2.28. The topological polar surface area (TPSA) is 8.17 Å². The van der Waals surface area contributed by atoms with Crippen molar-refractivity contribution in [2.75, 3.05) is 4.90 Å². The summed E-state index contributed by atoms with van der Waals surface area (Å²) in [5, 5.41) is 7.64. The van der Waals surface area contributed by atoms with Crippen LogP contribution in [0.3, 0.4) is 0 Å². The molecule has 61 heavy (non-hydrogen) atoms. The fourth-order valence-corrected chi connectivity index (χ4v) is 10.5. The van der Waals surface area contributed by atoms with Crippen molar-refractivity contribution in [1.29, 1.82) is 0 Å². The lowest BCUT2D eigenvalue weighted by molar-refractivity contribution is 1.17. The number of thiophene rings is 1. The first-order valence-electron chi connectivity index (χ1n) is 20.8. The maximum absolute atomic E-state index is 2.42. The molecule has 0 radical (unpaired) electrons. The second-order valence-corrected chi connectivity index (χ2v) is 16.8. The van der Waals surface area contributed by atoms with E-state index in [1.807, 2.05) is 11.3 Å². The van der Waals surface area contributed by atoms with Crippen LogP contribution in [0.2, 0.25) is 0 Å². The van der Waals surface area contributed by atoms with Crippen molar-refractivity contribution in [2.24, 2.45) is 0 Å². The first-order valence-corrected chi connectivity index (χ1v) is 21.6. The van der Waals surface area contributed by atoms with Gasteiger partial charge in [0.15, 0.2) is 0 Å². The molecule has 0 amide bonds. The van der Waals surface area contributed by atoms with Crippen LogP contribution < -0.4 is 4.90 Å². The van der Waals surface area contributed by atoms with Crippen molar-refractivity contribution < 1.29 is 0 Å². The Kier molecular flexibility index (Phi) is 8.39. The molecule has 286 valence electrons. The molecule has 10 aromatic carbocycles. The van der Waals surface area contributed by atoms with E-state index in [9.17, 15) is 0 Å². The van der Waals surface area contributed by atoms with E-state index in [2.05, 4.69) is 240 Å². The highest BCUT2D eigenvalue weighted by Crippen LogP contribution is 2.46. The molecule has 0 saturated carbocycles. The summed E-state index contributed by atoms with van der Waals surface area (Å²) in [7, 11) is 0. The average Bonchev–Trinajstić information content (AvgIpc) is 3.88. The highest BCUT2D eigenvalue weighted by atomic mass is 32.1. The van der Waals surface area contributed by atoms with Gasteiger partial charge in [-0.15, -0.1) is 11.3 Å². The SMILES string of the molecule is c1ccc(N(c2ccc(-c3ccc(-c4ccc5ccccc5c4)cc3)cc2)c2ccc(-n3c4ccccc4c4ccccc43)cc2)c(-c2cccc3c2sc2ccccc23)c1. The number of aromatic nitrogens is 1. The minimum absolute atomic E-state index is 1.09. The predicted octanol–water partition coefficient (Wildman–Crippen LogP) is 16.8. The zero-order chi connectivity index (χ0) is 40.3. The Morgan fingerprint density at radius 3 is 1.57 bits per heavy atom. The first kappa shape index (κ1) is 35.2. The summed E-state index contributed by atoms with van der Waals surface area (Å²) < 4.78 is 5.00.